The van der Waals surface area contributed by atoms with E-state index in [1.807, 2.05) is 6.92 Å². The predicted octanol–water partition coefficient (Wildman–Crippen LogP) is 2.94. The van der Waals surface area contributed by atoms with Gasteiger partial charge in [-0.1, -0.05) is 30.7 Å². The number of anilines is 1. The number of hydrogen-bond donors (Lipinski definition) is 1. The first-order valence-electron chi connectivity index (χ1n) is 8.75. The minimum atomic E-state index is -3.77. The normalized spacial score (nSPS) is 13.9. The second kappa shape index (κ2) is 8.22. The smallest absolute Gasteiger partial charge is 0.410 e. The third kappa shape index (κ3) is 4.75. The summed E-state index contributed by atoms with van der Waals surface area (Å²) in [7, 11) is -3.77. The monoisotopic (exact) mass is 410 g/mol. The average molecular weight is 411 g/mol. The van der Waals surface area contributed by atoms with Crippen molar-refractivity contribution >= 4 is 32.6 Å². The van der Waals surface area contributed by atoms with Gasteiger partial charge in [-0.15, -0.1) is 10.2 Å². The van der Waals surface area contributed by atoms with Crippen LogP contribution < -0.4 is 4.72 Å². The summed E-state index contributed by atoms with van der Waals surface area (Å²) in [5, 5.41) is 8.51. The first-order chi connectivity index (χ1) is 12.9. The molecular formula is C17H22N4O4S2. The Morgan fingerprint density at radius 1 is 1.33 bits per heavy atom. The van der Waals surface area contributed by atoms with Crippen molar-refractivity contribution in [1.82, 2.24) is 15.1 Å². The molecule has 2 aromatic rings. The van der Waals surface area contributed by atoms with Gasteiger partial charge in [0.15, 0.2) is 0 Å². The highest BCUT2D eigenvalue weighted by atomic mass is 32.2. The number of ether oxygens (including phenoxy) is 1. The molecule has 1 N–H and O–H groups in total. The van der Waals surface area contributed by atoms with Gasteiger partial charge >= 0.3 is 6.09 Å². The molecule has 2 heterocycles. The van der Waals surface area contributed by atoms with Crippen molar-refractivity contribution in [2.45, 2.75) is 44.6 Å². The Morgan fingerprint density at radius 2 is 2.15 bits per heavy atom. The van der Waals surface area contributed by atoms with Gasteiger partial charge in [0.05, 0.1) is 11.5 Å². The Hall–Kier alpha value is -2.20. The van der Waals surface area contributed by atoms with Crippen LogP contribution in [0.15, 0.2) is 23.1 Å². The first kappa shape index (κ1) is 19.6. The van der Waals surface area contributed by atoms with Crippen molar-refractivity contribution in [2.24, 2.45) is 0 Å². The molecule has 1 aliphatic rings. The fourth-order valence-electron chi connectivity index (χ4n) is 2.76. The maximum absolute atomic E-state index is 12.6. The number of aromatic nitrogens is 2. The molecule has 10 heteroatoms. The summed E-state index contributed by atoms with van der Waals surface area (Å²) in [6.45, 7) is 5.08. The number of carbonyl (C=O) groups is 1. The Labute approximate surface area is 162 Å². The molecule has 0 spiro atoms. The summed E-state index contributed by atoms with van der Waals surface area (Å²) in [6.07, 6.45) is 2.10. The SMILES string of the molecule is CCCCOC(=O)N1CCc2ccc(S(=O)(=O)Nc3nnc(C)s3)cc2C1. The molecule has 3 rings (SSSR count). The fourth-order valence-corrected chi connectivity index (χ4v) is 4.64. The van der Waals surface area contributed by atoms with Crippen LogP contribution in [-0.4, -0.2) is 42.8 Å². The van der Waals surface area contributed by atoms with Crippen molar-refractivity contribution in [3.8, 4) is 0 Å². The molecule has 27 heavy (non-hydrogen) atoms. The summed E-state index contributed by atoms with van der Waals surface area (Å²) in [5.41, 5.74) is 1.85. The maximum atomic E-state index is 12.6. The van der Waals surface area contributed by atoms with Gasteiger partial charge in [0.25, 0.3) is 10.0 Å². The summed E-state index contributed by atoms with van der Waals surface area (Å²) in [4.78, 5) is 13.9. The summed E-state index contributed by atoms with van der Waals surface area (Å²) < 4.78 is 32.9. The van der Waals surface area contributed by atoms with E-state index in [-0.39, 0.29) is 16.1 Å². The minimum absolute atomic E-state index is 0.135. The molecule has 1 aromatic heterocycles. The van der Waals surface area contributed by atoms with Crippen molar-refractivity contribution < 1.29 is 17.9 Å². The minimum Gasteiger partial charge on any atom is -0.449 e. The van der Waals surface area contributed by atoms with E-state index in [1.54, 1.807) is 30.0 Å². The molecule has 0 atom stereocenters. The van der Waals surface area contributed by atoms with E-state index in [1.165, 1.54) is 11.3 Å². The highest BCUT2D eigenvalue weighted by Crippen LogP contribution is 2.25. The third-order valence-electron chi connectivity index (χ3n) is 4.23. The van der Waals surface area contributed by atoms with Gasteiger partial charge in [-0.2, -0.15) is 0 Å². The molecule has 1 amide bonds. The van der Waals surface area contributed by atoms with E-state index in [4.69, 9.17) is 4.74 Å². The summed E-state index contributed by atoms with van der Waals surface area (Å²) in [5.74, 6) is 0. The number of carbonyl (C=O) groups excluding carboxylic acids is 1. The van der Waals surface area contributed by atoms with Gasteiger partial charge in [0.2, 0.25) is 5.13 Å². The van der Waals surface area contributed by atoms with Gasteiger partial charge in [-0.25, -0.2) is 13.2 Å². The molecule has 1 aromatic carbocycles. The molecule has 8 nitrogen and oxygen atoms in total. The van der Waals surface area contributed by atoms with Gasteiger partial charge in [0, 0.05) is 13.1 Å². The van der Waals surface area contributed by atoms with Crippen molar-refractivity contribution in [3.63, 3.8) is 0 Å². The number of amides is 1. The number of unbranched alkanes of at least 4 members (excludes halogenated alkanes) is 1. The molecule has 1 aliphatic heterocycles. The molecule has 0 bridgehead atoms. The second-order valence-electron chi connectivity index (χ2n) is 6.30. The number of nitrogens with zero attached hydrogens (tertiary/aromatic N) is 3. The zero-order valence-corrected chi connectivity index (χ0v) is 16.9. The van der Waals surface area contributed by atoms with Gasteiger partial charge in [-0.05, 0) is 43.0 Å². The Morgan fingerprint density at radius 3 is 2.85 bits per heavy atom. The van der Waals surface area contributed by atoms with Gasteiger partial charge < -0.3 is 9.64 Å². The van der Waals surface area contributed by atoms with Crippen molar-refractivity contribution in [1.29, 1.82) is 0 Å². The number of aryl methyl sites for hydroxylation is 1. The van der Waals surface area contributed by atoms with Crippen molar-refractivity contribution in [2.75, 3.05) is 17.9 Å². The zero-order chi connectivity index (χ0) is 19.4. The van der Waals surface area contributed by atoms with Gasteiger partial charge in [0.1, 0.15) is 5.01 Å². The van der Waals surface area contributed by atoms with Crippen LogP contribution in [0.1, 0.15) is 35.9 Å². The molecule has 146 valence electrons. The Kier molecular flexibility index (Phi) is 5.95. The summed E-state index contributed by atoms with van der Waals surface area (Å²) >= 11 is 1.17. The van der Waals surface area contributed by atoms with Crippen LogP contribution in [0.3, 0.4) is 0 Å². The van der Waals surface area contributed by atoms with Crippen LogP contribution in [0.25, 0.3) is 0 Å². The van der Waals surface area contributed by atoms with Crippen LogP contribution in [0.5, 0.6) is 0 Å². The van der Waals surface area contributed by atoms with E-state index in [2.05, 4.69) is 14.9 Å². The number of nitrogens with one attached hydrogen (secondary N) is 1. The Balaban J connectivity index is 1.74. The lowest BCUT2D eigenvalue weighted by atomic mass is 10.0. The van der Waals surface area contributed by atoms with Crippen LogP contribution in [0.2, 0.25) is 0 Å². The molecule has 0 fully saturated rings. The lowest BCUT2D eigenvalue weighted by Crippen LogP contribution is -2.36. The summed E-state index contributed by atoms with van der Waals surface area (Å²) in [6, 6.07) is 4.98. The van der Waals surface area contributed by atoms with E-state index >= 15 is 0 Å². The van der Waals surface area contributed by atoms with Gasteiger partial charge in [-0.3, -0.25) is 4.72 Å². The largest absolute Gasteiger partial charge is 0.449 e. The molecule has 0 aliphatic carbocycles. The highest BCUT2D eigenvalue weighted by molar-refractivity contribution is 7.93. The van der Waals surface area contributed by atoms with Crippen LogP contribution in [-0.2, 0) is 27.7 Å². The van der Waals surface area contributed by atoms with Crippen LogP contribution >= 0.6 is 11.3 Å². The Bertz CT molecular complexity index is 927. The number of rotatable bonds is 6. The standard InChI is InChI=1S/C17H22N4O4S2/c1-3-4-9-25-17(22)21-8-7-13-5-6-15(10-14(13)11-21)27(23,24)20-16-19-18-12(2)26-16/h5-6,10H,3-4,7-9,11H2,1-2H3,(H,19,20). The fraction of sp³-hybridized carbons (Fsp3) is 0.471. The number of benzene rings is 1. The molecule has 0 saturated carbocycles. The molecule has 0 radical (unpaired) electrons. The topological polar surface area (TPSA) is 101 Å². The molecular weight excluding hydrogens is 388 g/mol. The van der Waals surface area contributed by atoms with Crippen LogP contribution in [0, 0.1) is 6.92 Å². The maximum Gasteiger partial charge on any atom is 0.410 e. The zero-order valence-electron chi connectivity index (χ0n) is 15.3. The lowest BCUT2D eigenvalue weighted by molar-refractivity contribution is 0.0966. The predicted molar refractivity (Wildman–Crippen MR) is 102 cm³/mol. The number of sulfonamides is 1. The van der Waals surface area contributed by atoms with Crippen LogP contribution in [0.4, 0.5) is 9.93 Å². The molecule has 0 unspecified atom stereocenters. The average Bonchev–Trinajstić information content (AvgIpc) is 3.04. The number of hydrogen-bond acceptors (Lipinski definition) is 7. The van der Waals surface area contributed by atoms with E-state index in [0.717, 1.165) is 24.0 Å². The van der Waals surface area contributed by atoms with E-state index < -0.39 is 10.0 Å². The number of fused-ring (bicyclic) bond motifs is 1. The first-order valence-corrected chi connectivity index (χ1v) is 11.1. The third-order valence-corrected chi connectivity index (χ3v) is 6.45. The van der Waals surface area contributed by atoms with E-state index in [9.17, 15) is 13.2 Å². The lowest BCUT2D eigenvalue weighted by Gasteiger charge is -2.28. The second-order valence-corrected chi connectivity index (χ2v) is 9.17. The van der Waals surface area contributed by atoms with Crippen molar-refractivity contribution in [3.05, 3.63) is 34.3 Å². The quantitative estimate of drug-likeness (QED) is 0.735. The van der Waals surface area contributed by atoms with E-state index in [0.29, 0.717) is 31.1 Å². The highest BCUT2D eigenvalue weighted by Gasteiger charge is 2.24. The molecule has 0 saturated heterocycles.